The summed E-state index contributed by atoms with van der Waals surface area (Å²) in [6, 6.07) is 0.562. The molecular weight excluding hydrogens is 166 g/mol. The van der Waals surface area contributed by atoms with Gasteiger partial charge in [0.05, 0.1) is 6.61 Å². The third kappa shape index (κ3) is 1.70. The van der Waals surface area contributed by atoms with E-state index in [0.717, 1.165) is 0 Å². The first kappa shape index (κ1) is 9.00. The number of hydrogen-bond acceptors (Lipinski definition) is 3. The van der Waals surface area contributed by atoms with Gasteiger partial charge in [0.1, 0.15) is 6.04 Å². The quantitative estimate of drug-likeness (QED) is 0.651. The van der Waals surface area contributed by atoms with Gasteiger partial charge in [0.15, 0.2) is 0 Å². The van der Waals surface area contributed by atoms with Crippen LogP contribution in [0.1, 0.15) is 32.6 Å². The Bertz CT molecular complexity index is 197. The lowest BCUT2D eigenvalue weighted by molar-refractivity contribution is -0.149. The maximum atomic E-state index is 11.5. The highest BCUT2D eigenvalue weighted by Crippen LogP contribution is 2.33. The van der Waals surface area contributed by atoms with Gasteiger partial charge in [-0.1, -0.05) is 0 Å². The number of fused-ring (bicyclic) bond motifs is 3. The summed E-state index contributed by atoms with van der Waals surface area (Å²) in [6.45, 7) is 2.35. The van der Waals surface area contributed by atoms with Gasteiger partial charge in [-0.2, -0.15) is 0 Å². The zero-order chi connectivity index (χ0) is 9.26. The summed E-state index contributed by atoms with van der Waals surface area (Å²) < 4.78 is 5.03. The van der Waals surface area contributed by atoms with Gasteiger partial charge in [-0.3, -0.25) is 4.79 Å². The zero-order valence-electron chi connectivity index (χ0n) is 8.08. The van der Waals surface area contributed by atoms with Crippen molar-refractivity contribution in [3.05, 3.63) is 0 Å². The Morgan fingerprint density at radius 3 is 2.54 bits per heavy atom. The molecule has 1 saturated carbocycles. The van der Waals surface area contributed by atoms with Crippen molar-refractivity contribution in [1.82, 2.24) is 5.32 Å². The normalized spacial score (nSPS) is 37.5. The van der Waals surface area contributed by atoms with Crippen molar-refractivity contribution in [3.8, 4) is 0 Å². The van der Waals surface area contributed by atoms with Crippen molar-refractivity contribution in [3.63, 3.8) is 0 Å². The molecule has 3 fully saturated rings. The van der Waals surface area contributed by atoms with Crippen molar-refractivity contribution in [2.45, 2.75) is 44.7 Å². The van der Waals surface area contributed by atoms with Gasteiger partial charge in [-0.15, -0.1) is 0 Å². The fourth-order valence-electron chi connectivity index (χ4n) is 2.50. The minimum Gasteiger partial charge on any atom is -0.465 e. The molecule has 3 aliphatic rings. The molecule has 3 rings (SSSR count). The van der Waals surface area contributed by atoms with E-state index in [-0.39, 0.29) is 12.0 Å². The molecular formula is C10H17NO2. The van der Waals surface area contributed by atoms with Crippen LogP contribution in [0.5, 0.6) is 0 Å². The Kier molecular flexibility index (Phi) is 2.54. The fraction of sp³-hybridized carbons (Fsp3) is 0.900. The number of hydrogen-bond donors (Lipinski definition) is 1. The maximum absolute atomic E-state index is 11.5. The van der Waals surface area contributed by atoms with E-state index in [4.69, 9.17) is 4.74 Å². The Labute approximate surface area is 78.8 Å². The number of carbonyl (C=O) groups excluding carboxylic acids is 1. The Hall–Kier alpha value is -0.570. The third-order valence-corrected chi connectivity index (χ3v) is 3.20. The molecule has 0 amide bonds. The fourth-order valence-corrected chi connectivity index (χ4v) is 2.50. The lowest BCUT2D eigenvalue weighted by Gasteiger charge is -2.42. The van der Waals surface area contributed by atoms with Crippen LogP contribution in [-0.2, 0) is 9.53 Å². The highest BCUT2D eigenvalue weighted by molar-refractivity contribution is 5.76. The van der Waals surface area contributed by atoms with Crippen molar-refractivity contribution in [2.24, 2.45) is 5.92 Å². The molecule has 2 heterocycles. The minimum absolute atomic E-state index is 0.00699. The second-order valence-corrected chi connectivity index (χ2v) is 4.01. The van der Waals surface area contributed by atoms with Crippen LogP contribution in [0.4, 0.5) is 0 Å². The van der Waals surface area contributed by atoms with E-state index >= 15 is 0 Å². The number of ether oxygens (including phenoxy) is 1. The molecule has 1 N–H and O–H groups in total. The van der Waals surface area contributed by atoms with Gasteiger partial charge >= 0.3 is 5.97 Å². The van der Waals surface area contributed by atoms with Crippen molar-refractivity contribution < 1.29 is 9.53 Å². The molecule has 0 aromatic carbocycles. The summed E-state index contributed by atoms with van der Waals surface area (Å²) in [5.41, 5.74) is 0. The van der Waals surface area contributed by atoms with E-state index in [0.29, 0.717) is 18.6 Å². The SMILES string of the molecule is CCOC(=O)C1N[C@H]2CC[C@H]1CC2. The molecule has 0 spiro atoms. The second-order valence-electron chi connectivity index (χ2n) is 4.01. The molecule has 1 aliphatic carbocycles. The van der Waals surface area contributed by atoms with Crippen molar-refractivity contribution >= 4 is 5.97 Å². The van der Waals surface area contributed by atoms with Gasteiger partial charge < -0.3 is 10.1 Å². The molecule has 74 valence electrons. The predicted octanol–water partition coefficient (Wildman–Crippen LogP) is 1.08. The number of carbonyl (C=O) groups is 1. The van der Waals surface area contributed by atoms with Crippen molar-refractivity contribution in [2.75, 3.05) is 6.61 Å². The third-order valence-electron chi connectivity index (χ3n) is 3.20. The van der Waals surface area contributed by atoms with Crippen LogP contribution in [0, 0.1) is 5.92 Å². The van der Waals surface area contributed by atoms with Crippen LogP contribution in [0.2, 0.25) is 0 Å². The highest BCUT2D eigenvalue weighted by atomic mass is 16.5. The van der Waals surface area contributed by atoms with Crippen LogP contribution in [0.15, 0.2) is 0 Å². The Balaban J connectivity index is 1.96. The van der Waals surface area contributed by atoms with E-state index in [2.05, 4.69) is 5.32 Å². The summed E-state index contributed by atoms with van der Waals surface area (Å²) in [5.74, 6) is 0.487. The molecule has 2 aliphatic heterocycles. The van der Waals surface area contributed by atoms with E-state index in [9.17, 15) is 4.79 Å². The number of nitrogens with one attached hydrogen (secondary N) is 1. The summed E-state index contributed by atoms with van der Waals surface area (Å²) in [7, 11) is 0. The molecule has 2 saturated heterocycles. The zero-order valence-corrected chi connectivity index (χ0v) is 8.08. The van der Waals surface area contributed by atoms with Crippen LogP contribution >= 0.6 is 0 Å². The highest BCUT2D eigenvalue weighted by Gasteiger charge is 2.39. The summed E-state index contributed by atoms with van der Waals surface area (Å²) in [4.78, 5) is 11.5. The number of rotatable bonds is 2. The molecule has 3 nitrogen and oxygen atoms in total. The lowest BCUT2D eigenvalue weighted by Crippen LogP contribution is -2.56. The standard InChI is InChI=1S/C10H17NO2/c1-2-13-10(12)9-7-3-5-8(11-9)6-4-7/h7-9,11H,2-6H2,1H3/t7-,8-,9?. The largest absolute Gasteiger partial charge is 0.465 e. The van der Waals surface area contributed by atoms with Gasteiger partial charge in [0.25, 0.3) is 0 Å². The summed E-state index contributed by atoms with van der Waals surface area (Å²) in [6.07, 6.45) is 4.86. The monoisotopic (exact) mass is 183 g/mol. The predicted molar refractivity (Wildman–Crippen MR) is 49.3 cm³/mol. The molecule has 1 atom stereocenters. The Morgan fingerprint density at radius 1 is 1.38 bits per heavy atom. The average Bonchev–Trinajstić information content (AvgIpc) is 2.20. The first-order chi connectivity index (χ1) is 6.31. The van der Waals surface area contributed by atoms with E-state index in [1.807, 2.05) is 6.92 Å². The van der Waals surface area contributed by atoms with Crippen LogP contribution in [0.25, 0.3) is 0 Å². The van der Waals surface area contributed by atoms with Crippen LogP contribution < -0.4 is 5.32 Å². The van der Waals surface area contributed by atoms with E-state index in [1.54, 1.807) is 0 Å². The van der Waals surface area contributed by atoms with Gasteiger partial charge in [-0.05, 0) is 38.5 Å². The first-order valence-corrected chi connectivity index (χ1v) is 5.24. The number of esters is 1. The van der Waals surface area contributed by atoms with Crippen LogP contribution in [0.3, 0.4) is 0 Å². The summed E-state index contributed by atoms with van der Waals surface area (Å²) >= 11 is 0. The molecule has 0 aromatic heterocycles. The summed E-state index contributed by atoms with van der Waals surface area (Å²) in [5, 5.41) is 3.36. The van der Waals surface area contributed by atoms with Gasteiger partial charge in [0.2, 0.25) is 0 Å². The van der Waals surface area contributed by atoms with Crippen LogP contribution in [-0.4, -0.2) is 24.7 Å². The molecule has 3 heteroatoms. The molecule has 1 unspecified atom stereocenters. The molecule has 0 aromatic rings. The minimum atomic E-state index is -0.0445. The topological polar surface area (TPSA) is 38.3 Å². The van der Waals surface area contributed by atoms with Gasteiger partial charge in [-0.25, -0.2) is 0 Å². The lowest BCUT2D eigenvalue weighted by atomic mass is 9.76. The molecule has 13 heavy (non-hydrogen) atoms. The van der Waals surface area contributed by atoms with Gasteiger partial charge in [0, 0.05) is 6.04 Å². The van der Waals surface area contributed by atoms with Crippen molar-refractivity contribution in [1.29, 1.82) is 0 Å². The smallest absolute Gasteiger partial charge is 0.323 e. The van der Waals surface area contributed by atoms with E-state index in [1.165, 1.54) is 25.7 Å². The second kappa shape index (κ2) is 3.66. The first-order valence-electron chi connectivity index (χ1n) is 5.24. The Morgan fingerprint density at radius 2 is 2.08 bits per heavy atom. The number of piperidine rings is 2. The average molecular weight is 183 g/mol. The maximum Gasteiger partial charge on any atom is 0.323 e. The molecule has 0 radical (unpaired) electrons. The van der Waals surface area contributed by atoms with E-state index < -0.39 is 0 Å². The molecule has 2 bridgehead atoms.